The van der Waals surface area contributed by atoms with Crippen LogP contribution in [0.1, 0.15) is 11.6 Å². The summed E-state index contributed by atoms with van der Waals surface area (Å²) in [5, 5.41) is 0.598. The lowest BCUT2D eigenvalue weighted by Gasteiger charge is -2.34. The lowest BCUT2D eigenvalue weighted by Crippen LogP contribution is -2.39. The molecule has 1 aromatic carbocycles. The van der Waals surface area contributed by atoms with Gasteiger partial charge in [0.05, 0.1) is 19.2 Å². The topological polar surface area (TPSA) is 47.7 Å². The van der Waals surface area contributed by atoms with Gasteiger partial charge in [0.1, 0.15) is 0 Å². The minimum atomic E-state index is 0.128. The van der Waals surface area contributed by atoms with E-state index in [1.54, 1.807) is 14.2 Å². The molecule has 1 saturated heterocycles. The van der Waals surface area contributed by atoms with Crippen LogP contribution in [-0.2, 0) is 0 Å². The third-order valence-corrected chi connectivity index (χ3v) is 4.92. The van der Waals surface area contributed by atoms with Gasteiger partial charge in [-0.1, -0.05) is 17.7 Å². The molecule has 0 aliphatic carbocycles. The van der Waals surface area contributed by atoms with Crippen molar-refractivity contribution in [3.8, 4) is 11.5 Å². The molecule has 1 heterocycles. The summed E-state index contributed by atoms with van der Waals surface area (Å²) in [5.74, 6) is 3.51. The van der Waals surface area contributed by atoms with Crippen molar-refractivity contribution in [3.63, 3.8) is 0 Å². The Bertz CT molecular complexity index is 453. The Kier molecular flexibility index (Phi) is 5.84. The number of thioether (sulfide) groups is 1. The number of ether oxygens (including phenoxy) is 2. The molecular weight excluding hydrogens is 296 g/mol. The molecule has 1 aliphatic heterocycles. The molecule has 112 valence electrons. The second-order valence-electron chi connectivity index (χ2n) is 4.60. The Labute approximate surface area is 129 Å². The molecule has 6 heteroatoms. The van der Waals surface area contributed by atoms with Gasteiger partial charge in [0.25, 0.3) is 0 Å². The minimum Gasteiger partial charge on any atom is -0.493 e. The van der Waals surface area contributed by atoms with Gasteiger partial charge in [-0.2, -0.15) is 11.8 Å². The van der Waals surface area contributed by atoms with E-state index in [1.807, 2.05) is 23.9 Å². The van der Waals surface area contributed by atoms with Crippen LogP contribution in [0.4, 0.5) is 0 Å². The fraction of sp³-hybridized carbons (Fsp3) is 0.571. The smallest absolute Gasteiger partial charge is 0.179 e. The number of nitrogens with zero attached hydrogens (tertiary/aromatic N) is 1. The Morgan fingerprint density at radius 2 is 2.00 bits per heavy atom. The van der Waals surface area contributed by atoms with Crippen LogP contribution in [0.3, 0.4) is 0 Å². The largest absolute Gasteiger partial charge is 0.493 e. The quantitative estimate of drug-likeness (QED) is 0.904. The third kappa shape index (κ3) is 3.17. The summed E-state index contributed by atoms with van der Waals surface area (Å²) in [6, 6.07) is 4.01. The zero-order valence-corrected chi connectivity index (χ0v) is 13.5. The van der Waals surface area contributed by atoms with E-state index in [0.717, 1.165) is 30.2 Å². The highest BCUT2D eigenvalue weighted by molar-refractivity contribution is 7.99. The van der Waals surface area contributed by atoms with Crippen molar-refractivity contribution in [1.29, 1.82) is 0 Å². The molecule has 1 aliphatic rings. The molecule has 0 amide bonds. The number of hydrogen-bond donors (Lipinski definition) is 1. The number of halogens is 1. The van der Waals surface area contributed by atoms with E-state index in [4.69, 9.17) is 26.8 Å². The highest BCUT2D eigenvalue weighted by Gasteiger charge is 2.25. The summed E-state index contributed by atoms with van der Waals surface area (Å²) >= 11 is 8.47. The normalized spacial score (nSPS) is 17.8. The van der Waals surface area contributed by atoms with Gasteiger partial charge in [0.2, 0.25) is 0 Å². The summed E-state index contributed by atoms with van der Waals surface area (Å²) in [4.78, 5) is 2.39. The molecule has 2 N–H and O–H groups in total. The van der Waals surface area contributed by atoms with Gasteiger partial charge in [0.15, 0.2) is 11.5 Å². The van der Waals surface area contributed by atoms with E-state index >= 15 is 0 Å². The predicted octanol–water partition coefficient (Wildman–Crippen LogP) is 2.41. The van der Waals surface area contributed by atoms with Crippen LogP contribution in [0.2, 0.25) is 5.02 Å². The van der Waals surface area contributed by atoms with E-state index in [2.05, 4.69) is 4.90 Å². The van der Waals surface area contributed by atoms with E-state index in [-0.39, 0.29) is 6.04 Å². The molecule has 2 rings (SSSR count). The van der Waals surface area contributed by atoms with Crippen LogP contribution in [0.15, 0.2) is 12.1 Å². The summed E-state index contributed by atoms with van der Waals surface area (Å²) < 4.78 is 10.6. The molecule has 20 heavy (non-hydrogen) atoms. The van der Waals surface area contributed by atoms with Crippen LogP contribution in [0, 0.1) is 0 Å². The number of hydrogen-bond acceptors (Lipinski definition) is 5. The molecule has 1 unspecified atom stereocenters. The monoisotopic (exact) mass is 316 g/mol. The Hall–Kier alpha value is -0.620. The van der Waals surface area contributed by atoms with E-state index in [1.165, 1.54) is 0 Å². The molecule has 0 saturated carbocycles. The maximum atomic E-state index is 6.49. The van der Waals surface area contributed by atoms with Crippen molar-refractivity contribution in [2.24, 2.45) is 5.73 Å². The maximum Gasteiger partial charge on any atom is 0.179 e. The van der Waals surface area contributed by atoms with Crippen LogP contribution >= 0.6 is 23.4 Å². The number of benzene rings is 1. The molecule has 0 radical (unpaired) electrons. The molecule has 4 nitrogen and oxygen atoms in total. The summed E-state index contributed by atoms with van der Waals surface area (Å²) in [6.45, 7) is 2.62. The van der Waals surface area contributed by atoms with Gasteiger partial charge in [-0.05, 0) is 11.6 Å². The van der Waals surface area contributed by atoms with E-state index in [0.29, 0.717) is 23.1 Å². The van der Waals surface area contributed by atoms with Crippen LogP contribution in [0.25, 0.3) is 0 Å². The fourth-order valence-electron chi connectivity index (χ4n) is 2.52. The lowest BCUT2D eigenvalue weighted by atomic mass is 10.0. The molecule has 1 fully saturated rings. The maximum absolute atomic E-state index is 6.49. The first-order valence-electron chi connectivity index (χ1n) is 6.65. The second kappa shape index (κ2) is 7.41. The van der Waals surface area contributed by atoms with Gasteiger partial charge in [-0.3, -0.25) is 4.90 Å². The zero-order chi connectivity index (χ0) is 14.5. The van der Waals surface area contributed by atoms with Crippen LogP contribution < -0.4 is 15.2 Å². The second-order valence-corrected chi connectivity index (χ2v) is 6.21. The zero-order valence-electron chi connectivity index (χ0n) is 11.9. The minimum absolute atomic E-state index is 0.128. The molecule has 0 spiro atoms. The number of nitrogens with two attached hydrogens (primary N) is 1. The molecule has 0 aromatic heterocycles. The van der Waals surface area contributed by atoms with Gasteiger partial charge < -0.3 is 15.2 Å². The van der Waals surface area contributed by atoms with E-state index < -0.39 is 0 Å². The summed E-state index contributed by atoms with van der Waals surface area (Å²) in [7, 11) is 3.21. The van der Waals surface area contributed by atoms with Crippen molar-refractivity contribution in [2.75, 3.05) is 45.4 Å². The van der Waals surface area contributed by atoms with Crippen molar-refractivity contribution >= 4 is 23.4 Å². The fourth-order valence-corrected chi connectivity index (χ4v) is 3.81. The van der Waals surface area contributed by atoms with Crippen molar-refractivity contribution in [2.45, 2.75) is 6.04 Å². The van der Waals surface area contributed by atoms with Gasteiger partial charge >= 0.3 is 0 Å². The first kappa shape index (κ1) is 15.8. The van der Waals surface area contributed by atoms with Crippen molar-refractivity contribution in [3.05, 3.63) is 22.7 Å². The van der Waals surface area contributed by atoms with Crippen LogP contribution in [0.5, 0.6) is 11.5 Å². The predicted molar refractivity (Wildman–Crippen MR) is 85.2 cm³/mol. The van der Waals surface area contributed by atoms with Gasteiger partial charge in [0, 0.05) is 37.2 Å². The summed E-state index contributed by atoms with van der Waals surface area (Å²) in [6.07, 6.45) is 0. The van der Waals surface area contributed by atoms with Crippen molar-refractivity contribution < 1.29 is 9.47 Å². The molecular formula is C14H21ClN2O2S. The third-order valence-electron chi connectivity index (χ3n) is 3.58. The number of rotatable bonds is 5. The van der Waals surface area contributed by atoms with Crippen molar-refractivity contribution in [1.82, 2.24) is 4.90 Å². The average Bonchev–Trinajstić information content (AvgIpc) is 2.50. The Balaban J connectivity index is 2.34. The van der Waals surface area contributed by atoms with Crippen LogP contribution in [-0.4, -0.2) is 50.3 Å². The van der Waals surface area contributed by atoms with Gasteiger partial charge in [-0.25, -0.2) is 0 Å². The first-order valence-corrected chi connectivity index (χ1v) is 8.18. The van der Waals surface area contributed by atoms with Gasteiger partial charge in [-0.15, -0.1) is 0 Å². The molecule has 0 bridgehead atoms. The first-order chi connectivity index (χ1) is 9.72. The Morgan fingerprint density at radius 3 is 2.55 bits per heavy atom. The lowest BCUT2D eigenvalue weighted by molar-refractivity contribution is 0.222. The highest BCUT2D eigenvalue weighted by Crippen LogP contribution is 2.41. The number of methoxy groups -OCH3 is 2. The molecule has 1 aromatic rings. The van der Waals surface area contributed by atoms with E-state index in [9.17, 15) is 0 Å². The average molecular weight is 317 g/mol. The SMILES string of the molecule is COc1ccc(C(CN)N2CCSCC2)c(Cl)c1OC. The molecule has 1 atom stereocenters. The standard InChI is InChI=1S/C14H21ClN2O2S/c1-18-12-4-3-10(13(15)14(12)19-2)11(9-16)17-5-7-20-8-6-17/h3-4,11H,5-9,16H2,1-2H3. The summed E-state index contributed by atoms with van der Waals surface area (Å²) in [5.41, 5.74) is 7.00. The highest BCUT2D eigenvalue weighted by atomic mass is 35.5. The Morgan fingerprint density at radius 1 is 1.30 bits per heavy atom.